The number of rotatable bonds is 4. The van der Waals surface area contributed by atoms with E-state index in [1.165, 1.54) is 42.5 Å². The number of hydrogen-bond donors (Lipinski definition) is 3. The summed E-state index contributed by atoms with van der Waals surface area (Å²) in [5.41, 5.74) is 0.497. The Morgan fingerprint density at radius 2 is 1.75 bits per heavy atom. The SMILES string of the molecule is O=C(O)c1ccc(NC(=S)NC(=O)c2cccc([N+](=O)[O-])c2)cc1. The predicted molar refractivity (Wildman–Crippen MR) is 90.2 cm³/mol. The van der Waals surface area contributed by atoms with Crippen molar-refractivity contribution in [2.45, 2.75) is 0 Å². The van der Waals surface area contributed by atoms with Crippen LogP contribution in [0.15, 0.2) is 48.5 Å². The van der Waals surface area contributed by atoms with Crippen molar-refractivity contribution in [3.8, 4) is 0 Å². The van der Waals surface area contributed by atoms with Gasteiger partial charge in [-0.25, -0.2) is 4.79 Å². The monoisotopic (exact) mass is 345 g/mol. The van der Waals surface area contributed by atoms with Crippen LogP contribution in [0, 0.1) is 10.1 Å². The molecule has 0 fully saturated rings. The number of carbonyl (C=O) groups is 2. The first kappa shape index (κ1) is 17.0. The lowest BCUT2D eigenvalue weighted by Gasteiger charge is -2.09. The van der Waals surface area contributed by atoms with E-state index in [0.717, 1.165) is 6.07 Å². The molecule has 9 heteroatoms. The van der Waals surface area contributed by atoms with E-state index in [-0.39, 0.29) is 21.9 Å². The van der Waals surface area contributed by atoms with Crippen LogP contribution in [0.1, 0.15) is 20.7 Å². The van der Waals surface area contributed by atoms with Gasteiger partial charge in [0.05, 0.1) is 10.5 Å². The molecular formula is C15H11N3O5S. The van der Waals surface area contributed by atoms with E-state index in [1.807, 2.05) is 0 Å². The molecule has 0 bridgehead atoms. The van der Waals surface area contributed by atoms with Gasteiger partial charge in [0.15, 0.2) is 5.11 Å². The summed E-state index contributed by atoms with van der Waals surface area (Å²) < 4.78 is 0. The molecule has 0 heterocycles. The highest BCUT2D eigenvalue weighted by Crippen LogP contribution is 2.13. The van der Waals surface area contributed by atoms with Crippen molar-refractivity contribution in [3.63, 3.8) is 0 Å². The van der Waals surface area contributed by atoms with Gasteiger partial charge in [-0.3, -0.25) is 20.2 Å². The molecule has 2 aromatic rings. The molecule has 24 heavy (non-hydrogen) atoms. The number of hydrogen-bond acceptors (Lipinski definition) is 5. The fraction of sp³-hybridized carbons (Fsp3) is 0. The summed E-state index contributed by atoms with van der Waals surface area (Å²) >= 11 is 4.99. The second-order valence-corrected chi connectivity index (χ2v) is 5.01. The van der Waals surface area contributed by atoms with E-state index in [1.54, 1.807) is 0 Å². The number of aromatic carboxylic acids is 1. The third kappa shape index (κ3) is 4.34. The molecule has 0 spiro atoms. The Balaban J connectivity index is 2.01. The number of nitro groups is 1. The van der Waals surface area contributed by atoms with Crippen LogP contribution in [0.5, 0.6) is 0 Å². The van der Waals surface area contributed by atoms with E-state index < -0.39 is 16.8 Å². The van der Waals surface area contributed by atoms with Crippen LogP contribution in [0.25, 0.3) is 0 Å². The minimum absolute atomic E-state index is 0.0189. The van der Waals surface area contributed by atoms with Gasteiger partial charge in [0, 0.05) is 23.4 Å². The number of nitro benzene ring substituents is 1. The first-order valence-corrected chi connectivity index (χ1v) is 6.98. The van der Waals surface area contributed by atoms with Gasteiger partial charge in [0.1, 0.15) is 0 Å². The summed E-state index contributed by atoms with van der Waals surface area (Å²) in [7, 11) is 0. The number of benzene rings is 2. The normalized spacial score (nSPS) is 9.83. The fourth-order valence-corrected chi connectivity index (χ4v) is 2.01. The number of nitrogens with zero attached hydrogens (tertiary/aromatic N) is 1. The van der Waals surface area contributed by atoms with E-state index >= 15 is 0 Å². The van der Waals surface area contributed by atoms with Crippen LogP contribution in [0.2, 0.25) is 0 Å². The number of anilines is 1. The summed E-state index contributed by atoms with van der Waals surface area (Å²) in [6.07, 6.45) is 0. The summed E-state index contributed by atoms with van der Waals surface area (Å²) in [6, 6.07) is 11.0. The highest BCUT2D eigenvalue weighted by Gasteiger charge is 2.12. The molecule has 0 saturated heterocycles. The summed E-state index contributed by atoms with van der Waals surface area (Å²) in [5.74, 6) is -1.65. The molecule has 0 aromatic heterocycles. The largest absolute Gasteiger partial charge is 0.478 e. The molecule has 0 atom stereocenters. The molecule has 0 saturated carbocycles. The van der Waals surface area contributed by atoms with Crippen LogP contribution < -0.4 is 10.6 Å². The fourth-order valence-electron chi connectivity index (χ4n) is 1.79. The minimum Gasteiger partial charge on any atom is -0.478 e. The number of thiocarbonyl (C=S) groups is 1. The molecule has 2 aromatic carbocycles. The Labute approximate surface area is 141 Å². The minimum atomic E-state index is -1.05. The van der Waals surface area contributed by atoms with E-state index in [4.69, 9.17) is 17.3 Å². The standard InChI is InChI=1S/C15H11N3O5S/c19-13(10-2-1-3-12(8-10)18(22)23)17-15(24)16-11-6-4-9(5-7-11)14(20)21/h1-8H,(H,20,21)(H2,16,17,19,24). The van der Waals surface area contributed by atoms with E-state index in [0.29, 0.717) is 5.69 Å². The molecule has 0 aliphatic heterocycles. The van der Waals surface area contributed by atoms with Gasteiger partial charge in [0.2, 0.25) is 0 Å². The molecule has 0 aliphatic carbocycles. The second kappa shape index (κ2) is 7.29. The van der Waals surface area contributed by atoms with Crippen molar-refractivity contribution in [1.82, 2.24) is 5.32 Å². The Kier molecular flexibility index (Phi) is 5.17. The molecule has 0 aliphatic rings. The number of amides is 1. The zero-order valence-electron chi connectivity index (χ0n) is 12.1. The second-order valence-electron chi connectivity index (χ2n) is 4.60. The molecule has 2 rings (SSSR count). The van der Waals surface area contributed by atoms with Crippen molar-refractivity contribution in [2.75, 3.05) is 5.32 Å². The molecule has 0 unspecified atom stereocenters. The van der Waals surface area contributed by atoms with Crippen molar-refractivity contribution in [2.24, 2.45) is 0 Å². The van der Waals surface area contributed by atoms with Crippen molar-refractivity contribution < 1.29 is 19.6 Å². The summed E-state index contributed by atoms with van der Waals surface area (Å²) in [4.78, 5) is 32.9. The zero-order valence-corrected chi connectivity index (χ0v) is 12.9. The van der Waals surface area contributed by atoms with E-state index in [9.17, 15) is 19.7 Å². The Hall–Kier alpha value is -3.33. The maximum absolute atomic E-state index is 12.0. The molecule has 3 N–H and O–H groups in total. The highest BCUT2D eigenvalue weighted by molar-refractivity contribution is 7.80. The third-order valence-electron chi connectivity index (χ3n) is 2.94. The maximum Gasteiger partial charge on any atom is 0.335 e. The highest BCUT2D eigenvalue weighted by atomic mass is 32.1. The van der Waals surface area contributed by atoms with Gasteiger partial charge in [-0.15, -0.1) is 0 Å². The lowest BCUT2D eigenvalue weighted by Crippen LogP contribution is -2.34. The number of nitrogens with one attached hydrogen (secondary N) is 2. The van der Waals surface area contributed by atoms with E-state index in [2.05, 4.69) is 10.6 Å². The van der Waals surface area contributed by atoms with Gasteiger partial charge in [0.25, 0.3) is 11.6 Å². The first-order valence-electron chi connectivity index (χ1n) is 6.57. The molecular weight excluding hydrogens is 334 g/mol. The Bertz CT molecular complexity index is 820. The van der Waals surface area contributed by atoms with Crippen LogP contribution in [-0.2, 0) is 0 Å². The van der Waals surface area contributed by atoms with Crippen LogP contribution in [0.4, 0.5) is 11.4 Å². The van der Waals surface area contributed by atoms with Crippen molar-refractivity contribution in [3.05, 3.63) is 69.8 Å². The van der Waals surface area contributed by atoms with Gasteiger partial charge < -0.3 is 10.4 Å². The smallest absolute Gasteiger partial charge is 0.335 e. The molecule has 1 amide bonds. The lowest BCUT2D eigenvalue weighted by atomic mass is 10.2. The lowest BCUT2D eigenvalue weighted by molar-refractivity contribution is -0.384. The van der Waals surface area contributed by atoms with Crippen LogP contribution in [0.3, 0.4) is 0 Å². The predicted octanol–water partition coefficient (Wildman–Crippen LogP) is 2.42. The average molecular weight is 345 g/mol. The van der Waals surface area contributed by atoms with Gasteiger partial charge in [-0.1, -0.05) is 6.07 Å². The summed E-state index contributed by atoms with van der Waals surface area (Å²) in [5, 5.41) is 24.6. The molecule has 0 radical (unpaired) electrons. The van der Waals surface area contributed by atoms with Gasteiger partial charge >= 0.3 is 5.97 Å². The number of carbonyl (C=O) groups excluding carboxylic acids is 1. The molecule has 8 nitrogen and oxygen atoms in total. The average Bonchev–Trinajstić information content (AvgIpc) is 2.55. The van der Waals surface area contributed by atoms with Crippen molar-refractivity contribution in [1.29, 1.82) is 0 Å². The number of non-ortho nitro benzene ring substituents is 1. The Morgan fingerprint density at radius 3 is 2.33 bits per heavy atom. The quantitative estimate of drug-likeness (QED) is 0.442. The summed E-state index contributed by atoms with van der Waals surface area (Å²) in [6.45, 7) is 0. The third-order valence-corrected chi connectivity index (χ3v) is 3.14. The topological polar surface area (TPSA) is 122 Å². The molecule has 122 valence electrons. The van der Waals surface area contributed by atoms with Crippen LogP contribution >= 0.6 is 12.2 Å². The zero-order chi connectivity index (χ0) is 17.7. The Morgan fingerprint density at radius 1 is 1.08 bits per heavy atom. The van der Waals surface area contributed by atoms with Gasteiger partial charge in [-0.2, -0.15) is 0 Å². The van der Waals surface area contributed by atoms with Gasteiger partial charge in [-0.05, 0) is 42.5 Å². The number of carboxylic acids is 1. The van der Waals surface area contributed by atoms with Crippen molar-refractivity contribution >= 4 is 40.6 Å². The number of carboxylic acid groups (broad SMARTS) is 1. The van der Waals surface area contributed by atoms with Crippen LogP contribution in [-0.4, -0.2) is 27.0 Å². The first-order chi connectivity index (χ1) is 11.4. The maximum atomic E-state index is 12.0.